The highest BCUT2D eigenvalue weighted by molar-refractivity contribution is 7.42. The normalized spacial score (nSPS) is 14.0. The van der Waals surface area contributed by atoms with Crippen LogP contribution in [-0.2, 0) is 4.57 Å². The summed E-state index contributed by atoms with van der Waals surface area (Å²) in [4.78, 5) is 0. The van der Waals surface area contributed by atoms with Crippen molar-refractivity contribution < 1.29 is 4.57 Å². The second kappa shape index (κ2) is 2.69. The highest BCUT2D eigenvalue weighted by Crippen LogP contribution is 2.13. The zero-order chi connectivity index (χ0) is 5.86. The molecule has 0 spiro atoms. The van der Waals surface area contributed by atoms with Gasteiger partial charge in [-0.3, -0.25) is 0 Å². The van der Waals surface area contributed by atoms with Crippen LogP contribution in [0.15, 0.2) is 4.76 Å². The summed E-state index contributed by atoms with van der Waals surface area (Å²) < 4.78 is 13.6. The Bertz CT molecular complexity index is 106. The highest BCUT2D eigenvalue weighted by atomic mass is 31.1. The second-order valence-electron chi connectivity index (χ2n) is 1.21. The van der Waals surface area contributed by atoms with Gasteiger partial charge in [0.2, 0.25) is 0 Å². The third kappa shape index (κ3) is 5.57. The molecule has 0 aromatic carbocycles. The van der Waals surface area contributed by atoms with Crippen LogP contribution in [0.25, 0.3) is 0 Å². The zero-order valence-electron chi connectivity index (χ0n) is 4.38. The number of nitrogens with zero attached hydrogens (tertiary/aromatic N) is 1. The van der Waals surface area contributed by atoms with Gasteiger partial charge in [-0.05, 0) is 16.3 Å². The minimum atomic E-state index is -1.43. The van der Waals surface area contributed by atoms with Crippen LogP contribution in [0.5, 0.6) is 0 Å². The van der Waals surface area contributed by atoms with Crippen LogP contribution >= 0.6 is 7.95 Å². The van der Waals surface area contributed by atoms with E-state index in [1.165, 1.54) is 6.66 Å². The Kier molecular flexibility index (Phi) is 2.53. The van der Waals surface area contributed by atoms with Crippen molar-refractivity contribution in [3.63, 3.8) is 0 Å². The van der Waals surface area contributed by atoms with Crippen LogP contribution in [0.3, 0.4) is 0 Å². The predicted octanol–water partition coefficient (Wildman–Crippen LogP) is 0.736. The van der Waals surface area contributed by atoms with Gasteiger partial charge in [-0.1, -0.05) is 0 Å². The molecule has 0 amide bonds. The Morgan fingerprint density at radius 3 is 2.29 bits per heavy atom. The van der Waals surface area contributed by atoms with E-state index >= 15 is 0 Å². The third-order valence-electron chi connectivity index (χ3n) is 0.299. The molecule has 0 aliphatic carbocycles. The van der Waals surface area contributed by atoms with Crippen LogP contribution < -0.4 is 5.73 Å². The lowest BCUT2D eigenvalue weighted by molar-refractivity contribution is 0.592. The van der Waals surface area contributed by atoms with E-state index < -0.39 is 7.95 Å². The van der Waals surface area contributed by atoms with Gasteiger partial charge >= 0.3 is 7.95 Å². The molecule has 1 unspecified atom stereocenters. The second-order valence-corrected chi connectivity index (χ2v) is 2.33. The summed E-state index contributed by atoms with van der Waals surface area (Å²) in [6.07, 6.45) is 0. The van der Waals surface area contributed by atoms with Crippen LogP contribution in [0.2, 0.25) is 0 Å². The Morgan fingerprint density at radius 2 is 2.29 bits per heavy atom. The van der Waals surface area contributed by atoms with Gasteiger partial charge in [0.1, 0.15) is 5.84 Å². The van der Waals surface area contributed by atoms with Gasteiger partial charge in [0.05, 0.1) is 0 Å². The first-order valence-electron chi connectivity index (χ1n) is 1.84. The van der Waals surface area contributed by atoms with Crippen LogP contribution in [0.4, 0.5) is 0 Å². The first-order chi connectivity index (χ1) is 3.13. The molecule has 0 saturated carbocycles. The molecule has 2 N–H and O–H groups in total. The monoisotopic (exact) mass is 119 g/mol. The van der Waals surface area contributed by atoms with Crippen molar-refractivity contribution in [2.24, 2.45) is 10.5 Å². The molecule has 0 heterocycles. The maximum absolute atomic E-state index is 10.1. The zero-order valence-corrected chi connectivity index (χ0v) is 5.27. The fourth-order valence-corrected chi connectivity index (χ4v) is 0.666. The first kappa shape index (κ1) is 6.57. The van der Waals surface area contributed by atoms with Crippen molar-refractivity contribution in [1.82, 2.24) is 0 Å². The molecule has 7 heavy (non-hydrogen) atoms. The molecule has 0 aromatic rings. The maximum atomic E-state index is 10.1. The summed E-state index contributed by atoms with van der Waals surface area (Å²) in [5, 5.41) is 0. The summed E-state index contributed by atoms with van der Waals surface area (Å²) in [5.41, 5.74) is 5.06. The molecule has 0 bridgehead atoms. The number of hydrogen-bond acceptors (Lipinski definition) is 1. The van der Waals surface area contributed by atoms with Gasteiger partial charge in [-0.15, -0.1) is 0 Å². The summed E-state index contributed by atoms with van der Waals surface area (Å²) in [5.74, 6) is 0.378. The molecular weight excluding hydrogens is 111 g/mol. The Balaban J connectivity index is 3.68. The van der Waals surface area contributed by atoms with E-state index in [9.17, 15) is 4.57 Å². The minimum absolute atomic E-state index is 0.378. The lowest BCUT2D eigenvalue weighted by Crippen LogP contribution is -2.02. The first-order valence-corrected chi connectivity index (χ1v) is 3.50. The number of amidine groups is 1. The molecule has 4 heteroatoms. The van der Waals surface area contributed by atoms with E-state index in [2.05, 4.69) is 4.76 Å². The van der Waals surface area contributed by atoms with E-state index in [1.54, 1.807) is 6.92 Å². The van der Waals surface area contributed by atoms with Crippen molar-refractivity contribution in [3.05, 3.63) is 0 Å². The van der Waals surface area contributed by atoms with Gasteiger partial charge in [0, 0.05) is 0 Å². The molecule has 0 saturated heterocycles. The molecular formula is C3H8N2OP+. The fraction of sp³-hybridized carbons (Fsp3) is 0.667. The summed E-state index contributed by atoms with van der Waals surface area (Å²) >= 11 is 0. The smallest absolute Gasteiger partial charge is 0.384 e. The van der Waals surface area contributed by atoms with Crippen molar-refractivity contribution in [1.29, 1.82) is 0 Å². The van der Waals surface area contributed by atoms with Gasteiger partial charge in [-0.25, -0.2) is 0 Å². The minimum Gasteiger partial charge on any atom is -0.384 e. The Morgan fingerprint density at radius 1 is 1.86 bits per heavy atom. The Hall–Kier alpha value is -0.430. The molecule has 1 atom stereocenters. The van der Waals surface area contributed by atoms with Crippen LogP contribution in [-0.4, -0.2) is 12.5 Å². The lowest BCUT2D eigenvalue weighted by atomic mass is 10.8. The molecule has 0 aliphatic heterocycles. The van der Waals surface area contributed by atoms with Crippen molar-refractivity contribution in [2.75, 3.05) is 6.66 Å². The highest BCUT2D eigenvalue weighted by Gasteiger charge is 1.98. The molecule has 3 nitrogen and oxygen atoms in total. The fourth-order valence-electron chi connectivity index (χ4n) is 0.222. The summed E-state index contributed by atoms with van der Waals surface area (Å²) in [7, 11) is -1.43. The van der Waals surface area contributed by atoms with Gasteiger partial charge in [-0.2, -0.15) is 0 Å². The quantitative estimate of drug-likeness (QED) is 0.314. The average Bonchev–Trinajstić information content (AvgIpc) is 1.27. The standard InChI is InChI=1S/C3H8N2OP/c1-3(4)5-7(2)6/h1-2H3,(H2,4,5,6)/q+1. The number of hydrogen-bond donors (Lipinski definition) is 1. The van der Waals surface area contributed by atoms with E-state index in [0.717, 1.165) is 0 Å². The maximum Gasteiger partial charge on any atom is 0.483 e. The van der Waals surface area contributed by atoms with Crippen LogP contribution in [0, 0.1) is 0 Å². The molecule has 0 aromatic heterocycles. The van der Waals surface area contributed by atoms with Crippen molar-refractivity contribution in [3.8, 4) is 0 Å². The predicted molar refractivity (Wildman–Crippen MR) is 30.8 cm³/mol. The van der Waals surface area contributed by atoms with Crippen LogP contribution in [0.1, 0.15) is 6.92 Å². The van der Waals surface area contributed by atoms with E-state index in [0.29, 0.717) is 5.84 Å². The van der Waals surface area contributed by atoms with Gasteiger partial charge in [0.15, 0.2) is 6.66 Å². The van der Waals surface area contributed by atoms with Crippen molar-refractivity contribution in [2.45, 2.75) is 6.92 Å². The summed E-state index contributed by atoms with van der Waals surface area (Å²) in [6.45, 7) is 3.11. The molecule has 0 aliphatic rings. The average molecular weight is 119 g/mol. The molecule has 40 valence electrons. The third-order valence-corrected chi connectivity index (χ3v) is 0.896. The van der Waals surface area contributed by atoms with E-state index in [-0.39, 0.29) is 0 Å². The SMILES string of the molecule is CC(N)=N[P+](C)=O. The molecule has 0 radical (unpaired) electrons. The van der Waals surface area contributed by atoms with E-state index in [1.807, 2.05) is 0 Å². The van der Waals surface area contributed by atoms with Gasteiger partial charge < -0.3 is 5.73 Å². The van der Waals surface area contributed by atoms with Gasteiger partial charge in [0.25, 0.3) is 0 Å². The largest absolute Gasteiger partial charge is 0.483 e. The lowest BCUT2D eigenvalue weighted by Gasteiger charge is -1.71. The number of nitrogens with two attached hydrogens (primary N) is 1. The molecule has 0 fully saturated rings. The van der Waals surface area contributed by atoms with Crippen molar-refractivity contribution >= 4 is 13.8 Å². The van der Waals surface area contributed by atoms with E-state index in [4.69, 9.17) is 5.73 Å². The Labute approximate surface area is 43.5 Å². The molecule has 0 rings (SSSR count). The summed E-state index contributed by atoms with van der Waals surface area (Å²) in [6, 6.07) is 0. The topological polar surface area (TPSA) is 55.4 Å². The number of rotatable bonds is 1.